The molecule has 0 saturated heterocycles. The molecule has 0 aliphatic heterocycles. The van der Waals surface area contributed by atoms with E-state index in [2.05, 4.69) is 28.5 Å². The zero-order chi connectivity index (χ0) is 8.36. The van der Waals surface area contributed by atoms with E-state index in [1.54, 1.807) is 13.8 Å². The Bertz CT molecular complexity index is 222. The van der Waals surface area contributed by atoms with Gasteiger partial charge in [-0.3, -0.25) is 0 Å². The average molecular weight is 218 g/mol. The summed E-state index contributed by atoms with van der Waals surface area (Å²) in [6, 6.07) is -1.28. The van der Waals surface area contributed by atoms with Crippen LogP contribution in [-0.4, -0.2) is 13.7 Å². The second-order valence-electron chi connectivity index (χ2n) is 1.96. The maximum Gasteiger partial charge on any atom is 0.349 e. The van der Waals surface area contributed by atoms with Gasteiger partial charge in [0.25, 0.3) is 10.0 Å². The number of thiol groups is 1. The number of hydrogen-bond donors (Lipinski definition) is 2. The first-order chi connectivity index (χ1) is 4.36. The maximum absolute atomic E-state index is 10.9. The second kappa shape index (κ2) is 3.97. The van der Waals surface area contributed by atoms with Gasteiger partial charge in [-0.2, -0.15) is 0 Å². The Morgan fingerprint density at radius 1 is 1.60 bits per heavy atom. The van der Waals surface area contributed by atoms with Gasteiger partial charge in [-0.15, -0.1) is 0 Å². The Kier molecular flexibility index (Phi) is 4.28. The molecule has 0 fully saturated rings. The number of sulfonamides is 1. The summed E-state index contributed by atoms with van der Waals surface area (Å²) in [6.45, 7) is 3.18. The minimum atomic E-state index is -3.20. The summed E-state index contributed by atoms with van der Waals surface area (Å²) in [4.78, 5) is 0. The third-order valence-corrected chi connectivity index (χ3v) is 5.12. The van der Waals surface area contributed by atoms with Crippen molar-refractivity contribution in [1.82, 2.24) is 4.49 Å². The molecule has 0 aromatic heterocycles. The number of rotatable bonds is 3. The molecule has 3 nitrogen and oxygen atoms in total. The summed E-state index contributed by atoms with van der Waals surface area (Å²) in [7, 11) is -3.20. The molecule has 60 valence electrons. The van der Waals surface area contributed by atoms with Crippen molar-refractivity contribution in [3.05, 3.63) is 0 Å². The third kappa shape index (κ3) is 3.83. The van der Waals surface area contributed by atoms with Crippen LogP contribution in [-0.2, 0) is 21.8 Å². The highest BCUT2D eigenvalue weighted by Crippen LogP contribution is 2.22. The van der Waals surface area contributed by atoms with E-state index in [9.17, 15) is 8.42 Å². The van der Waals surface area contributed by atoms with E-state index in [-0.39, 0.29) is 0 Å². The van der Waals surface area contributed by atoms with E-state index in [0.29, 0.717) is 0 Å². The molecule has 0 amide bonds. The molecular formula is C3H9NO2PS3+. The lowest BCUT2D eigenvalue weighted by Crippen LogP contribution is -2.24. The highest BCUT2D eigenvalue weighted by Gasteiger charge is 2.21. The van der Waals surface area contributed by atoms with Crippen molar-refractivity contribution in [2.24, 2.45) is 0 Å². The fourth-order valence-corrected chi connectivity index (χ4v) is 3.89. The molecule has 0 bridgehead atoms. The summed E-state index contributed by atoms with van der Waals surface area (Å²) in [5.41, 5.74) is 0. The van der Waals surface area contributed by atoms with Crippen LogP contribution >= 0.6 is 18.3 Å². The first-order valence-electron chi connectivity index (χ1n) is 2.53. The summed E-state index contributed by atoms with van der Waals surface area (Å²) >= 11 is 8.36. The highest BCUT2D eigenvalue weighted by molar-refractivity contribution is 8.56. The molecule has 7 heteroatoms. The summed E-state index contributed by atoms with van der Waals surface area (Å²) in [5, 5.41) is -0.437. The lowest BCUT2D eigenvalue weighted by Gasteiger charge is -1.99. The average Bonchev–Trinajstić information content (AvgIpc) is 1.60. The summed E-state index contributed by atoms with van der Waals surface area (Å²) in [6.07, 6.45) is 0. The van der Waals surface area contributed by atoms with Crippen LogP contribution in [0.4, 0.5) is 0 Å². The Hall–Kier alpha value is 0.780. The molecule has 0 aromatic rings. The van der Waals surface area contributed by atoms with Gasteiger partial charge in [-0.25, -0.2) is 8.42 Å². The molecule has 0 aliphatic rings. The zero-order valence-corrected chi connectivity index (χ0v) is 9.03. The van der Waals surface area contributed by atoms with Gasteiger partial charge in [0.1, 0.15) is 0 Å². The molecule has 0 aromatic carbocycles. The van der Waals surface area contributed by atoms with Crippen molar-refractivity contribution < 1.29 is 8.42 Å². The van der Waals surface area contributed by atoms with Gasteiger partial charge in [0.2, 0.25) is 0 Å². The van der Waals surface area contributed by atoms with Crippen LogP contribution in [0.5, 0.6) is 0 Å². The van der Waals surface area contributed by atoms with E-state index >= 15 is 0 Å². The van der Waals surface area contributed by atoms with E-state index in [1.165, 1.54) is 0 Å². The first-order valence-corrected chi connectivity index (χ1v) is 7.59. The van der Waals surface area contributed by atoms with Crippen molar-refractivity contribution in [1.29, 1.82) is 0 Å². The maximum atomic E-state index is 10.9. The molecule has 0 spiro atoms. The van der Waals surface area contributed by atoms with Gasteiger partial charge >= 0.3 is 6.05 Å². The lowest BCUT2D eigenvalue weighted by atomic mass is 10.6. The van der Waals surface area contributed by atoms with E-state index in [1.807, 2.05) is 0 Å². The molecule has 0 saturated carbocycles. The molecular weight excluding hydrogens is 209 g/mol. The molecule has 10 heavy (non-hydrogen) atoms. The minimum absolute atomic E-state index is 0.437. The Morgan fingerprint density at radius 3 is 2.10 bits per heavy atom. The zero-order valence-electron chi connectivity index (χ0n) is 5.60. The molecule has 0 heterocycles. The third-order valence-electron chi connectivity index (χ3n) is 0.826. The van der Waals surface area contributed by atoms with Crippen LogP contribution in [0.3, 0.4) is 0 Å². The van der Waals surface area contributed by atoms with Gasteiger partial charge in [0, 0.05) is 0 Å². The molecule has 1 atom stereocenters. The van der Waals surface area contributed by atoms with Gasteiger partial charge in [0.15, 0.2) is 11.8 Å². The van der Waals surface area contributed by atoms with Crippen LogP contribution in [0.1, 0.15) is 13.8 Å². The van der Waals surface area contributed by atoms with Crippen LogP contribution in [0.25, 0.3) is 0 Å². The predicted molar refractivity (Wildman–Crippen MR) is 50.5 cm³/mol. The van der Waals surface area contributed by atoms with Crippen molar-refractivity contribution >= 4 is 40.1 Å². The number of hydrogen-bond acceptors (Lipinski definition) is 3. The second-order valence-corrected chi connectivity index (χ2v) is 8.37. The Balaban J connectivity index is 4.31. The fraction of sp³-hybridized carbons (Fsp3) is 1.00. The quantitative estimate of drug-likeness (QED) is 0.549. The van der Waals surface area contributed by atoms with Gasteiger partial charge in [-0.1, -0.05) is 0 Å². The van der Waals surface area contributed by atoms with E-state index < -0.39 is 21.3 Å². The van der Waals surface area contributed by atoms with Crippen LogP contribution in [0, 0.1) is 0 Å². The molecule has 0 radical (unpaired) electrons. The van der Waals surface area contributed by atoms with Crippen LogP contribution in [0.15, 0.2) is 0 Å². The fourth-order valence-electron chi connectivity index (χ4n) is 0.214. The van der Waals surface area contributed by atoms with Crippen LogP contribution < -0.4 is 4.49 Å². The summed E-state index contributed by atoms with van der Waals surface area (Å²) < 4.78 is 24.1. The van der Waals surface area contributed by atoms with Gasteiger partial charge in [-0.05, 0) is 18.3 Å². The molecule has 1 unspecified atom stereocenters. The predicted octanol–water partition coefficient (Wildman–Crippen LogP) is 1.02. The lowest BCUT2D eigenvalue weighted by molar-refractivity contribution is 0.585. The van der Waals surface area contributed by atoms with Gasteiger partial charge in [0.05, 0.1) is 17.5 Å². The van der Waals surface area contributed by atoms with Crippen LogP contribution in [0.2, 0.25) is 0 Å². The largest absolute Gasteiger partial charge is 0.349 e. The molecule has 0 aliphatic carbocycles. The first kappa shape index (κ1) is 10.8. The minimum Gasteiger partial charge on any atom is -0.209 e. The SMILES string of the molecule is CC(C)S(=O)(=O)N[P+](=S)S. The van der Waals surface area contributed by atoms with E-state index in [0.717, 1.165) is 0 Å². The molecule has 1 N–H and O–H groups in total. The standard InChI is InChI=1S/C3H8NO2PS3/c1-3(2)10(5,6)4-7(8)9/h3H,1-2H3,(H-,4,8,9)/p+1. The van der Waals surface area contributed by atoms with E-state index in [4.69, 9.17) is 0 Å². The van der Waals surface area contributed by atoms with Crippen molar-refractivity contribution in [2.45, 2.75) is 19.1 Å². The smallest absolute Gasteiger partial charge is 0.209 e. The molecule has 0 rings (SSSR count). The summed E-state index contributed by atoms with van der Waals surface area (Å²) in [5.74, 6) is 0. The Labute approximate surface area is 72.3 Å². The van der Waals surface area contributed by atoms with Crippen molar-refractivity contribution in [2.75, 3.05) is 0 Å². The van der Waals surface area contributed by atoms with Gasteiger partial charge < -0.3 is 0 Å². The Morgan fingerprint density at radius 2 is 2.00 bits per heavy atom. The highest BCUT2D eigenvalue weighted by atomic mass is 32.9. The monoisotopic (exact) mass is 218 g/mol. The van der Waals surface area contributed by atoms with Crippen molar-refractivity contribution in [3.8, 4) is 0 Å². The topological polar surface area (TPSA) is 46.2 Å². The normalized spacial score (nSPS) is 13.8. The van der Waals surface area contributed by atoms with Crippen molar-refractivity contribution in [3.63, 3.8) is 0 Å². The number of nitrogens with one attached hydrogen (secondary N) is 1.